The SMILES string of the molecule is O=C([C@@H]1CCOC1)N1CC[C@@]2(CCCN(Cc3nccs3)C2)C1. The van der Waals surface area contributed by atoms with E-state index in [9.17, 15) is 4.79 Å². The summed E-state index contributed by atoms with van der Waals surface area (Å²) in [6.07, 6.45) is 6.44. The third kappa shape index (κ3) is 3.30. The molecule has 3 saturated heterocycles. The number of piperidine rings is 1. The molecule has 4 heterocycles. The lowest BCUT2D eigenvalue weighted by Crippen LogP contribution is -2.45. The van der Waals surface area contributed by atoms with Gasteiger partial charge in [0.2, 0.25) is 5.91 Å². The lowest BCUT2D eigenvalue weighted by molar-refractivity contribution is -0.135. The molecular weight excluding hydrogens is 310 g/mol. The fourth-order valence-corrected chi connectivity index (χ4v) is 5.07. The molecular formula is C17H25N3O2S. The number of aromatic nitrogens is 1. The van der Waals surface area contributed by atoms with Crippen LogP contribution in [0.3, 0.4) is 0 Å². The van der Waals surface area contributed by atoms with E-state index in [0.29, 0.717) is 17.9 Å². The third-order valence-electron chi connectivity index (χ3n) is 5.61. The number of carbonyl (C=O) groups is 1. The van der Waals surface area contributed by atoms with Crippen molar-refractivity contribution in [1.29, 1.82) is 0 Å². The van der Waals surface area contributed by atoms with Crippen molar-refractivity contribution in [3.63, 3.8) is 0 Å². The van der Waals surface area contributed by atoms with Gasteiger partial charge in [0.1, 0.15) is 5.01 Å². The maximum atomic E-state index is 12.6. The summed E-state index contributed by atoms with van der Waals surface area (Å²) in [4.78, 5) is 21.7. The maximum absolute atomic E-state index is 12.6. The average Bonchev–Trinajstić information content (AvgIpc) is 3.28. The van der Waals surface area contributed by atoms with Crippen molar-refractivity contribution in [2.75, 3.05) is 39.4 Å². The molecule has 0 unspecified atom stereocenters. The quantitative estimate of drug-likeness (QED) is 0.847. The van der Waals surface area contributed by atoms with Gasteiger partial charge in [0.15, 0.2) is 0 Å². The standard InChI is InChI=1S/C17H25N3O2S/c21-16(14-2-8-22-11-14)20-7-4-17(13-20)3-1-6-19(12-17)10-15-18-5-9-23-15/h5,9,14H,1-4,6-8,10-13H2/t14-,17-/m1/s1. The van der Waals surface area contributed by atoms with Gasteiger partial charge in [-0.3, -0.25) is 9.69 Å². The number of carbonyl (C=O) groups excluding carboxylic acids is 1. The fourth-order valence-electron chi connectivity index (χ4n) is 4.41. The minimum Gasteiger partial charge on any atom is -0.381 e. The molecule has 0 radical (unpaired) electrons. The van der Waals surface area contributed by atoms with E-state index in [1.807, 2.05) is 6.20 Å². The van der Waals surface area contributed by atoms with Gasteiger partial charge in [-0.2, -0.15) is 0 Å². The summed E-state index contributed by atoms with van der Waals surface area (Å²) in [6.45, 7) is 6.47. The van der Waals surface area contributed by atoms with Crippen LogP contribution in [0.15, 0.2) is 11.6 Å². The number of nitrogens with zero attached hydrogens (tertiary/aromatic N) is 3. The molecule has 0 aromatic carbocycles. The second-order valence-corrected chi connectivity index (χ2v) is 8.29. The summed E-state index contributed by atoms with van der Waals surface area (Å²) in [5, 5.41) is 3.25. The van der Waals surface area contributed by atoms with Crippen LogP contribution in [-0.2, 0) is 16.1 Å². The Morgan fingerprint density at radius 1 is 1.39 bits per heavy atom. The molecule has 4 rings (SSSR count). The van der Waals surface area contributed by atoms with Gasteiger partial charge >= 0.3 is 0 Å². The van der Waals surface area contributed by atoms with Gasteiger partial charge in [0, 0.05) is 43.2 Å². The molecule has 2 atom stereocenters. The van der Waals surface area contributed by atoms with Crippen LogP contribution >= 0.6 is 11.3 Å². The molecule has 0 saturated carbocycles. The number of rotatable bonds is 3. The second kappa shape index (κ2) is 6.49. The normalized spacial score (nSPS) is 32.0. The smallest absolute Gasteiger partial charge is 0.228 e. The molecule has 1 aromatic rings. The molecule has 0 aliphatic carbocycles. The minimum absolute atomic E-state index is 0.111. The molecule has 3 fully saturated rings. The lowest BCUT2D eigenvalue weighted by Gasteiger charge is -2.40. The van der Waals surface area contributed by atoms with Crippen molar-refractivity contribution in [1.82, 2.24) is 14.8 Å². The topological polar surface area (TPSA) is 45.7 Å². The first-order valence-corrected chi connectivity index (χ1v) is 9.59. The average molecular weight is 335 g/mol. The van der Waals surface area contributed by atoms with Crippen LogP contribution in [-0.4, -0.2) is 60.1 Å². The van der Waals surface area contributed by atoms with Crippen LogP contribution < -0.4 is 0 Å². The fraction of sp³-hybridized carbons (Fsp3) is 0.765. The van der Waals surface area contributed by atoms with Crippen molar-refractivity contribution >= 4 is 17.2 Å². The lowest BCUT2D eigenvalue weighted by atomic mass is 9.79. The van der Waals surface area contributed by atoms with Gasteiger partial charge in [0.05, 0.1) is 19.1 Å². The Balaban J connectivity index is 1.37. The monoisotopic (exact) mass is 335 g/mol. The Labute approximate surface area is 141 Å². The summed E-state index contributed by atoms with van der Waals surface area (Å²) in [6, 6.07) is 0. The molecule has 0 N–H and O–H groups in total. The van der Waals surface area contributed by atoms with E-state index < -0.39 is 0 Å². The van der Waals surface area contributed by atoms with Crippen LogP contribution in [0.5, 0.6) is 0 Å². The first kappa shape index (κ1) is 15.5. The number of thiazole rings is 1. The minimum atomic E-state index is 0.111. The van der Waals surface area contributed by atoms with E-state index in [2.05, 4.69) is 20.2 Å². The maximum Gasteiger partial charge on any atom is 0.228 e. The van der Waals surface area contributed by atoms with Crippen LogP contribution in [0.2, 0.25) is 0 Å². The van der Waals surface area contributed by atoms with Gasteiger partial charge < -0.3 is 9.64 Å². The number of likely N-dealkylation sites (tertiary alicyclic amines) is 2. The van der Waals surface area contributed by atoms with Crippen molar-refractivity contribution in [3.8, 4) is 0 Å². The largest absolute Gasteiger partial charge is 0.381 e. The van der Waals surface area contributed by atoms with E-state index >= 15 is 0 Å². The first-order valence-electron chi connectivity index (χ1n) is 8.71. The summed E-state index contributed by atoms with van der Waals surface area (Å²) in [5.41, 5.74) is 0.310. The Morgan fingerprint density at radius 3 is 3.13 bits per heavy atom. The Hall–Kier alpha value is -0.980. The number of hydrogen-bond acceptors (Lipinski definition) is 5. The number of amides is 1. The van der Waals surface area contributed by atoms with E-state index in [1.54, 1.807) is 11.3 Å². The van der Waals surface area contributed by atoms with Gasteiger partial charge in [-0.05, 0) is 32.2 Å². The highest BCUT2D eigenvalue weighted by Crippen LogP contribution is 2.40. The molecule has 6 heteroatoms. The molecule has 23 heavy (non-hydrogen) atoms. The Kier molecular flexibility index (Phi) is 4.39. The summed E-state index contributed by atoms with van der Waals surface area (Å²) in [5.74, 6) is 0.441. The van der Waals surface area contributed by atoms with Gasteiger partial charge in [-0.15, -0.1) is 11.3 Å². The van der Waals surface area contributed by atoms with E-state index in [-0.39, 0.29) is 5.92 Å². The second-order valence-electron chi connectivity index (χ2n) is 7.31. The third-order valence-corrected chi connectivity index (χ3v) is 6.38. The zero-order valence-corrected chi connectivity index (χ0v) is 14.4. The van der Waals surface area contributed by atoms with Crippen LogP contribution in [0.4, 0.5) is 0 Å². The number of hydrogen-bond donors (Lipinski definition) is 0. The molecule has 1 amide bonds. The van der Waals surface area contributed by atoms with Gasteiger partial charge in [-0.25, -0.2) is 4.98 Å². The van der Waals surface area contributed by atoms with Gasteiger partial charge in [-0.1, -0.05) is 0 Å². The molecule has 1 spiro atoms. The molecule has 3 aliphatic rings. The van der Waals surface area contributed by atoms with Crippen molar-refractivity contribution in [2.45, 2.75) is 32.2 Å². The van der Waals surface area contributed by atoms with E-state index in [0.717, 1.165) is 52.2 Å². The first-order chi connectivity index (χ1) is 11.2. The summed E-state index contributed by atoms with van der Waals surface area (Å²) >= 11 is 1.74. The van der Waals surface area contributed by atoms with E-state index in [1.165, 1.54) is 17.8 Å². The molecule has 3 aliphatic heterocycles. The number of ether oxygens (including phenoxy) is 1. The van der Waals surface area contributed by atoms with Crippen molar-refractivity contribution < 1.29 is 9.53 Å². The van der Waals surface area contributed by atoms with Crippen LogP contribution in [0.1, 0.15) is 30.7 Å². The molecule has 5 nitrogen and oxygen atoms in total. The van der Waals surface area contributed by atoms with Crippen molar-refractivity contribution in [2.24, 2.45) is 11.3 Å². The highest BCUT2D eigenvalue weighted by Gasteiger charge is 2.44. The Bertz CT molecular complexity index is 544. The zero-order chi connectivity index (χ0) is 15.7. The molecule has 0 bridgehead atoms. The van der Waals surface area contributed by atoms with E-state index in [4.69, 9.17) is 4.74 Å². The highest BCUT2D eigenvalue weighted by molar-refractivity contribution is 7.09. The zero-order valence-electron chi connectivity index (χ0n) is 13.6. The van der Waals surface area contributed by atoms with Crippen LogP contribution in [0.25, 0.3) is 0 Å². The molecule has 126 valence electrons. The summed E-state index contributed by atoms with van der Waals surface area (Å²) < 4.78 is 5.39. The van der Waals surface area contributed by atoms with Crippen LogP contribution in [0, 0.1) is 11.3 Å². The highest BCUT2D eigenvalue weighted by atomic mass is 32.1. The molecule has 1 aromatic heterocycles. The van der Waals surface area contributed by atoms with Gasteiger partial charge in [0.25, 0.3) is 0 Å². The predicted octanol–water partition coefficient (Wildman–Crippen LogP) is 1.99. The Morgan fingerprint density at radius 2 is 2.35 bits per heavy atom. The van der Waals surface area contributed by atoms with Crippen molar-refractivity contribution in [3.05, 3.63) is 16.6 Å². The summed E-state index contributed by atoms with van der Waals surface area (Å²) in [7, 11) is 0. The predicted molar refractivity (Wildman–Crippen MR) is 89.2 cm³/mol.